The largest absolute Gasteiger partial charge is 0.487 e. The van der Waals surface area contributed by atoms with E-state index in [4.69, 9.17) is 16.3 Å². The molecule has 1 aliphatic heterocycles. The molecule has 34 heavy (non-hydrogen) atoms. The van der Waals surface area contributed by atoms with E-state index >= 15 is 0 Å². The van der Waals surface area contributed by atoms with E-state index in [0.29, 0.717) is 35.6 Å². The molecular weight excluding hydrogens is 457 g/mol. The summed E-state index contributed by atoms with van der Waals surface area (Å²) < 4.78 is 19.4. The topological polar surface area (TPSA) is 66.8 Å². The minimum absolute atomic E-state index is 0.267. The summed E-state index contributed by atoms with van der Waals surface area (Å²) in [5, 5.41) is 9.96. The Labute approximate surface area is 202 Å². The highest BCUT2D eigenvalue weighted by molar-refractivity contribution is 6.30. The van der Waals surface area contributed by atoms with Crippen molar-refractivity contribution >= 4 is 23.5 Å². The molecule has 0 saturated carbocycles. The molecule has 1 amide bonds. The minimum atomic E-state index is -1.07. The number of halogens is 2. The van der Waals surface area contributed by atoms with Gasteiger partial charge >= 0.3 is 5.97 Å². The highest BCUT2D eigenvalue weighted by Gasteiger charge is 2.35. The number of rotatable bonds is 8. The van der Waals surface area contributed by atoms with Crippen LogP contribution in [0.25, 0.3) is 0 Å². The number of ether oxygens (including phenoxy) is 1. The van der Waals surface area contributed by atoms with E-state index in [1.165, 1.54) is 17.0 Å². The fourth-order valence-electron chi connectivity index (χ4n) is 4.30. The zero-order valence-electron chi connectivity index (χ0n) is 18.8. The van der Waals surface area contributed by atoms with Crippen molar-refractivity contribution < 1.29 is 23.8 Å². The Balaban J connectivity index is 1.47. The molecule has 1 atom stereocenters. The number of hydrogen-bond acceptors (Lipinski definition) is 3. The number of nitrogens with zero attached hydrogens (tertiary/aromatic N) is 1. The average molecular weight is 482 g/mol. The van der Waals surface area contributed by atoms with Crippen LogP contribution < -0.4 is 4.74 Å². The summed E-state index contributed by atoms with van der Waals surface area (Å²) in [4.78, 5) is 26.0. The van der Waals surface area contributed by atoms with Crippen molar-refractivity contribution in [2.24, 2.45) is 0 Å². The van der Waals surface area contributed by atoms with Crippen LogP contribution in [0.1, 0.15) is 34.0 Å². The first-order valence-electron chi connectivity index (χ1n) is 11.0. The third-order valence-electron chi connectivity index (χ3n) is 5.92. The minimum Gasteiger partial charge on any atom is -0.487 e. The molecule has 0 radical (unpaired) electrons. The Morgan fingerprint density at radius 1 is 1.06 bits per heavy atom. The van der Waals surface area contributed by atoms with Gasteiger partial charge in [-0.2, -0.15) is 0 Å². The highest BCUT2D eigenvalue weighted by atomic mass is 35.5. The van der Waals surface area contributed by atoms with Crippen LogP contribution >= 0.6 is 11.6 Å². The molecule has 1 unspecified atom stereocenters. The van der Waals surface area contributed by atoms with Gasteiger partial charge in [0.25, 0.3) is 5.91 Å². The number of carboxylic acid groups (broad SMARTS) is 1. The maximum Gasteiger partial charge on any atom is 0.323 e. The Kier molecular flexibility index (Phi) is 6.89. The van der Waals surface area contributed by atoms with E-state index in [1.54, 1.807) is 42.5 Å². The third-order valence-corrected chi connectivity index (χ3v) is 6.17. The smallest absolute Gasteiger partial charge is 0.323 e. The van der Waals surface area contributed by atoms with Crippen LogP contribution in [0.3, 0.4) is 0 Å². The number of hydrogen-bond donors (Lipinski definition) is 1. The summed E-state index contributed by atoms with van der Waals surface area (Å²) in [7, 11) is 0. The average Bonchev–Trinajstić information content (AvgIpc) is 3.13. The molecule has 0 fully saturated rings. The third kappa shape index (κ3) is 5.75. The van der Waals surface area contributed by atoms with Crippen molar-refractivity contribution in [3.63, 3.8) is 0 Å². The summed E-state index contributed by atoms with van der Waals surface area (Å²) in [5.41, 5.74) is 2.72. The van der Waals surface area contributed by atoms with E-state index in [0.717, 1.165) is 16.7 Å². The van der Waals surface area contributed by atoms with Crippen LogP contribution in [0.2, 0.25) is 5.02 Å². The lowest BCUT2D eigenvalue weighted by atomic mass is 9.91. The molecule has 0 saturated heterocycles. The zero-order chi connectivity index (χ0) is 24.3. The number of carbonyl (C=O) groups excluding carboxylic acids is 1. The van der Waals surface area contributed by atoms with Gasteiger partial charge in [0.15, 0.2) is 0 Å². The van der Waals surface area contributed by atoms with Gasteiger partial charge in [0.05, 0.1) is 0 Å². The van der Waals surface area contributed by atoms with E-state index < -0.39 is 11.6 Å². The van der Waals surface area contributed by atoms with Crippen molar-refractivity contribution in [3.05, 3.63) is 99.8 Å². The van der Waals surface area contributed by atoms with Gasteiger partial charge in [-0.3, -0.25) is 9.59 Å². The number of aliphatic carboxylic acids is 1. The Bertz CT molecular complexity index is 1200. The summed E-state index contributed by atoms with van der Waals surface area (Å²) in [5.74, 6) is -0.992. The summed E-state index contributed by atoms with van der Waals surface area (Å²) in [6.45, 7) is 1.87. The van der Waals surface area contributed by atoms with E-state index in [-0.39, 0.29) is 24.8 Å². The second-order valence-electron chi connectivity index (χ2n) is 8.85. The monoisotopic (exact) mass is 481 g/mol. The molecular formula is C27H25ClFNO4. The molecule has 0 aliphatic carbocycles. The summed E-state index contributed by atoms with van der Waals surface area (Å²) in [6, 6.07) is 18.8. The van der Waals surface area contributed by atoms with Gasteiger partial charge in [0.2, 0.25) is 0 Å². The number of fused-ring (bicyclic) bond motifs is 1. The first-order chi connectivity index (χ1) is 16.2. The molecule has 1 N–H and O–H groups in total. The Morgan fingerprint density at radius 3 is 2.41 bits per heavy atom. The molecule has 7 heteroatoms. The number of benzene rings is 3. The molecule has 3 aromatic rings. The van der Waals surface area contributed by atoms with Crippen LogP contribution in [0.5, 0.6) is 5.75 Å². The summed E-state index contributed by atoms with van der Waals surface area (Å²) in [6.07, 6.45) is 1.70. The zero-order valence-corrected chi connectivity index (χ0v) is 19.5. The van der Waals surface area contributed by atoms with Crippen LogP contribution in [0.4, 0.5) is 4.39 Å². The van der Waals surface area contributed by atoms with Crippen molar-refractivity contribution in [1.82, 2.24) is 4.90 Å². The molecule has 1 aliphatic rings. The molecule has 0 aromatic heterocycles. The second kappa shape index (κ2) is 9.85. The number of amides is 1. The molecule has 0 bridgehead atoms. The van der Waals surface area contributed by atoms with E-state index in [2.05, 4.69) is 0 Å². The van der Waals surface area contributed by atoms with Crippen LogP contribution in [0, 0.1) is 5.82 Å². The van der Waals surface area contributed by atoms with Crippen LogP contribution in [-0.4, -0.2) is 40.6 Å². The maximum absolute atomic E-state index is 13.2. The van der Waals surface area contributed by atoms with Gasteiger partial charge in [0, 0.05) is 30.0 Å². The fourth-order valence-corrected chi connectivity index (χ4v) is 4.43. The van der Waals surface area contributed by atoms with Gasteiger partial charge in [-0.25, -0.2) is 4.39 Å². The normalized spacial score (nSPS) is 16.6. The first-order valence-corrected chi connectivity index (χ1v) is 11.4. The lowest BCUT2D eigenvalue weighted by Gasteiger charge is -2.24. The van der Waals surface area contributed by atoms with Crippen LogP contribution in [-0.2, 0) is 24.1 Å². The lowest BCUT2D eigenvalue weighted by molar-refractivity contribution is -0.137. The van der Waals surface area contributed by atoms with Gasteiger partial charge in [-0.1, -0.05) is 35.9 Å². The predicted octanol–water partition coefficient (Wildman–Crippen LogP) is 5.18. The SMILES string of the molecule is CC1(Cc2ccc(F)cc2)Cc2cc(C(=O)N(CCc3ccc(Cl)cc3)CC(=O)O)ccc2O1. The van der Waals surface area contributed by atoms with Gasteiger partial charge in [-0.15, -0.1) is 0 Å². The molecule has 5 nitrogen and oxygen atoms in total. The van der Waals surface area contributed by atoms with Crippen molar-refractivity contribution in [2.75, 3.05) is 13.1 Å². The van der Waals surface area contributed by atoms with Crippen molar-refractivity contribution in [2.45, 2.75) is 31.8 Å². The summed E-state index contributed by atoms with van der Waals surface area (Å²) >= 11 is 5.92. The molecule has 176 valence electrons. The first kappa shape index (κ1) is 23.8. The van der Waals surface area contributed by atoms with Crippen molar-refractivity contribution in [1.29, 1.82) is 0 Å². The molecule has 1 heterocycles. The lowest BCUT2D eigenvalue weighted by Crippen LogP contribution is -2.37. The number of carbonyl (C=O) groups is 2. The van der Waals surface area contributed by atoms with E-state index in [1.807, 2.05) is 19.1 Å². The van der Waals surface area contributed by atoms with Gasteiger partial charge in [0.1, 0.15) is 23.7 Å². The second-order valence-corrected chi connectivity index (χ2v) is 9.29. The maximum atomic E-state index is 13.2. The molecule has 3 aromatic carbocycles. The van der Waals surface area contributed by atoms with Crippen molar-refractivity contribution in [3.8, 4) is 5.75 Å². The van der Waals surface area contributed by atoms with Crippen LogP contribution in [0.15, 0.2) is 66.7 Å². The molecule has 4 rings (SSSR count). The quantitative estimate of drug-likeness (QED) is 0.481. The van der Waals surface area contributed by atoms with Gasteiger partial charge < -0.3 is 14.7 Å². The van der Waals surface area contributed by atoms with Gasteiger partial charge in [-0.05, 0) is 72.5 Å². The fraction of sp³-hybridized carbons (Fsp3) is 0.259. The standard InChI is InChI=1S/C27H25ClFNO4/c1-27(15-19-4-9-23(29)10-5-19)16-21-14-20(6-11-24(21)34-27)26(33)30(17-25(31)32)13-12-18-2-7-22(28)8-3-18/h2-11,14H,12-13,15-17H2,1H3,(H,31,32). The Morgan fingerprint density at radius 2 is 1.74 bits per heavy atom. The molecule has 0 spiro atoms. The predicted molar refractivity (Wildman–Crippen MR) is 128 cm³/mol. The number of carboxylic acids is 1. The van der Waals surface area contributed by atoms with E-state index in [9.17, 15) is 19.1 Å². The highest BCUT2D eigenvalue weighted by Crippen LogP contribution is 2.37. The Hall–Kier alpha value is -3.38.